The second-order valence-corrected chi connectivity index (χ2v) is 4.19. The maximum Gasteiger partial charge on any atom is 0.336 e. The number of halogens is 1. The molecule has 0 N–H and O–H groups in total. The van der Waals surface area contributed by atoms with Crippen LogP contribution in [0.15, 0.2) is 24.3 Å². The lowest BCUT2D eigenvalue weighted by atomic mass is 10.2. The molecule has 5 nitrogen and oxygen atoms in total. The number of rotatable bonds is 2. The molecule has 0 aromatic heterocycles. The van der Waals surface area contributed by atoms with E-state index >= 15 is 0 Å². The smallest absolute Gasteiger partial charge is 0.336 e. The summed E-state index contributed by atoms with van der Waals surface area (Å²) in [6.07, 6.45) is -0.314. The van der Waals surface area contributed by atoms with Crippen LogP contribution in [-0.2, 0) is 19.1 Å². The summed E-state index contributed by atoms with van der Waals surface area (Å²) in [6, 6.07) is 5.30. The number of carbonyl (C=O) groups is 3. The SMILES string of the molecule is COC(=O)C1C(=O)CC(=O)N1c1ccccc1Cl. The fourth-order valence-electron chi connectivity index (χ4n) is 1.89. The van der Waals surface area contributed by atoms with Gasteiger partial charge in [-0.2, -0.15) is 0 Å². The van der Waals surface area contributed by atoms with Crippen molar-refractivity contribution in [1.82, 2.24) is 0 Å². The van der Waals surface area contributed by atoms with Gasteiger partial charge in [-0.25, -0.2) is 4.79 Å². The summed E-state index contributed by atoms with van der Waals surface area (Å²) < 4.78 is 4.55. The van der Waals surface area contributed by atoms with Crippen molar-refractivity contribution in [2.75, 3.05) is 12.0 Å². The average Bonchev–Trinajstić information content (AvgIpc) is 2.64. The quantitative estimate of drug-likeness (QED) is 0.596. The molecule has 1 aliphatic rings. The molecular weight excluding hydrogens is 258 g/mol. The predicted octanol–water partition coefficient (Wildman–Crippen LogP) is 1.19. The molecule has 1 amide bonds. The number of carbonyl (C=O) groups excluding carboxylic acids is 3. The number of methoxy groups -OCH3 is 1. The third kappa shape index (κ3) is 1.97. The lowest BCUT2D eigenvalue weighted by Gasteiger charge is -2.22. The van der Waals surface area contributed by atoms with Gasteiger partial charge in [0.15, 0.2) is 11.8 Å². The van der Waals surface area contributed by atoms with E-state index in [4.69, 9.17) is 11.6 Å². The summed E-state index contributed by atoms with van der Waals surface area (Å²) in [6.45, 7) is 0. The van der Waals surface area contributed by atoms with Gasteiger partial charge in [0.1, 0.15) is 0 Å². The van der Waals surface area contributed by atoms with Crippen LogP contribution in [-0.4, -0.2) is 30.8 Å². The van der Waals surface area contributed by atoms with Crippen molar-refractivity contribution in [3.05, 3.63) is 29.3 Å². The van der Waals surface area contributed by atoms with Crippen molar-refractivity contribution < 1.29 is 19.1 Å². The Bertz CT molecular complexity index is 529. The highest BCUT2D eigenvalue weighted by Crippen LogP contribution is 2.31. The number of amides is 1. The molecular formula is C12H10ClNO4. The van der Waals surface area contributed by atoms with Gasteiger partial charge in [-0.05, 0) is 12.1 Å². The van der Waals surface area contributed by atoms with Crippen LogP contribution in [0, 0.1) is 0 Å². The third-order valence-electron chi connectivity index (χ3n) is 2.69. The average molecular weight is 268 g/mol. The molecule has 0 radical (unpaired) electrons. The lowest BCUT2D eigenvalue weighted by Crippen LogP contribution is -2.42. The van der Waals surface area contributed by atoms with Gasteiger partial charge in [0.2, 0.25) is 5.91 Å². The van der Waals surface area contributed by atoms with E-state index < -0.39 is 23.7 Å². The Morgan fingerprint density at radius 3 is 2.67 bits per heavy atom. The summed E-state index contributed by atoms with van der Waals surface area (Å²) in [7, 11) is 1.17. The second-order valence-electron chi connectivity index (χ2n) is 3.78. The number of anilines is 1. The highest BCUT2D eigenvalue weighted by atomic mass is 35.5. The van der Waals surface area contributed by atoms with E-state index in [1.54, 1.807) is 24.3 Å². The van der Waals surface area contributed by atoms with Gasteiger partial charge in [-0.3, -0.25) is 14.5 Å². The molecule has 0 saturated carbocycles. The van der Waals surface area contributed by atoms with Crippen LogP contribution in [0.3, 0.4) is 0 Å². The minimum absolute atomic E-state index is 0.300. The number of esters is 1. The molecule has 0 spiro atoms. The lowest BCUT2D eigenvalue weighted by molar-refractivity contribution is -0.144. The Labute approximate surface area is 108 Å². The molecule has 94 valence electrons. The van der Waals surface area contributed by atoms with Crippen LogP contribution in [0.25, 0.3) is 0 Å². The molecule has 1 saturated heterocycles. The summed E-state index contributed by atoms with van der Waals surface area (Å²) in [5.41, 5.74) is 0.338. The number of hydrogen-bond donors (Lipinski definition) is 0. The number of ether oxygens (including phenoxy) is 1. The van der Waals surface area contributed by atoms with Crippen molar-refractivity contribution in [1.29, 1.82) is 0 Å². The molecule has 1 aromatic rings. The molecule has 6 heteroatoms. The Balaban J connectivity index is 2.47. The highest BCUT2D eigenvalue weighted by molar-refractivity contribution is 6.35. The Morgan fingerprint density at radius 1 is 1.39 bits per heavy atom. The van der Waals surface area contributed by atoms with E-state index in [2.05, 4.69) is 4.74 Å². The molecule has 1 aliphatic heterocycles. The minimum Gasteiger partial charge on any atom is -0.467 e. The predicted molar refractivity (Wildman–Crippen MR) is 64.4 cm³/mol. The number of nitrogens with zero attached hydrogens (tertiary/aromatic N) is 1. The van der Waals surface area contributed by atoms with Gasteiger partial charge >= 0.3 is 5.97 Å². The summed E-state index contributed by atoms with van der Waals surface area (Å²) in [4.78, 5) is 36.2. The molecule has 0 aliphatic carbocycles. The van der Waals surface area contributed by atoms with Crippen molar-refractivity contribution in [3.8, 4) is 0 Å². The Kier molecular flexibility index (Phi) is 3.34. The standard InChI is InChI=1S/C12H10ClNO4/c1-18-12(17)11-9(15)6-10(16)14(11)8-5-3-2-4-7(8)13/h2-5,11H,6H2,1H3. The van der Waals surface area contributed by atoms with Crippen molar-refractivity contribution in [3.63, 3.8) is 0 Å². The maximum atomic E-state index is 11.8. The first kappa shape index (κ1) is 12.6. The molecule has 1 unspecified atom stereocenters. The Hall–Kier alpha value is -1.88. The van der Waals surface area contributed by atoms with E-state index in [1.165, 1.54) is 7.11 Å². The second kappa shape index (κ2) is 4.78. The van der Waals surface area contributed by atoms with E-state index in [-0.39, 0.29) is 6.42 Å². The van der Waals surface area contributed by atoms with Gasteiger partial charge in [0, 0.05) is 0 Å². The molecule has 1 heterocycles. The van der Waals surface area contributed by atoms with Crippen LogP contribution in [0.5, 0.6) is 0 Å². The molecule has 1 fully saturated rings. The fourth-order valence-corrected chi connectivity index (χ4v) is 2.11. The highest BCUT2D eigenvalue weighted by Gasteiger charge is 2.45. The van der Waals surface area contributed by atoms with Gasteiger partial charge in [-0.1, -0.05) is 23.7 Å². The largest absolute Gasteiger partial charge is 0.467 e. The van der Waals surface area contributed by atoms with Crippen molar-refractivity contribution >= 4 is 34.9 Å². The number of benzene rings is 1. The van der Waals surface area contributed by atoms with E-state index in [1.807, 2.05) is 0 Å². The van der Waals surface area contributed by atoms with Gasteiger partial charge in [-0.15, -0.1) is 0 Å². The number of Topliss-reactive ketones (excluding diaryl/α,β-unsaturated/α-hetero) is 1. The fraction of sp³-hybridized carbons (Fsp3) is 0.250. The van der Waals surface area contributed by atoms with E-state index in [0.717, 1.165) is 4.90 Å². The van der Waals surface area contributed by atoms with Crippen LogP contribution in [0.1, 0.15) is 6.42 Å². The van der Waals surface area contributed by atoms with Crippen molar-refractivity contribution in [2.45, 2.75) is 12.5 Å². The number of ketones is 1. The number of hydrogen-bond acceptors (Lipinski definition) is 4. The zero-order chi connectivity index (χ0) is 13.3. The normalized spacial score (nSPS) is 19.2. The minimum atomic E-state index is -1.23. The molecule has 0 bridgehead atoms. The van der Waals surface area contributed by atoms with Crippen LogP contribution >= 0.6 is 11.6 Å². The monoisotopic (exact) mass is 267 g/mol. The third-order valence-corrected chi connectivity index (χ3v) is 3.01. The van der Waals surface area contributed by atoms with Crippen LogP contribution in [0.4, 0.5) is 5.69 Å². The summed E-state index contributed by atoms with van der Waals surface area (Å²) in [5.74, 6) is -1.69. The summed E-state index contributed by atoms with van der Waals surface area (Å²) in [5, 5.41) is 0.300. The molecule has 1 aromatic carbocycles. The first-order valence-corrected chi connectivity index (χ1v) is 5.61. The maximum absolute atomic E-state index is 11.8. The first-order chi connectivity index (χ1) is 8.56. The van der Waals surface area contributed by atoms with Gasteiger partial charge < -0.3 is 4.74 Å². The first-order valence-electron chi connectivity index (χ1n) is 5.23. The Morgan fingerprint density at radius 2 is 2.06 bits per heavy atom. The zero-order valence-corrected chi connectivity index (χ0v) is 10.3. The van der Waals surface area contributed by atoms with Gasteiger partial charge in [0.25, 0.3) is 0 Å². The van der Waals surface area contributed by atoms with Gasteiger partial charge in [0.05, 0.1) is 24.2 Å². The van der Waals surface area contributed by atoms with E-state index in [0.29, 0.717) is 10.7 Å². The zero-order valence-electron chi connectivity index (χ0n) is 9.55. The molecule has 18 heavy (non-hydrogen) atoms. The van der Waals surface area contributed by atoms with E-state index in [9.17, 15) is 14.4 Å². The molecule has 1 atom stereocenters. The van der Waals surface area contributed by atoms with Crippen molar-refractivity contribution in [2.24, 2.45) is 0 Å². The topological polar surface area (TPSA) is 63.7 Å². The van der Waals surface area contributed by atoms with Crippen LogP contribution in [0.2, 0.25) is 5.02 Å². The van der Waals surface area contributed by atoms with Crippen LogP contribution < -0.4 is 4.90 Å². The summed E-state index contributed by atoms with van der Waals surface area (Å²) >= 11 is 5.97. The molecule has 2 rings (SSSR count). The number of para-hydroxylation sites is 1.